The van der Waals surface area contributed by atoms with Crippen LogP contribution in [0.2, 0.25) is 5.02 Å². The molecule has 8 heteroatoms. The van der Waals surface area contributed by atoms with Gasteiger partial charge in [-0.1, -0.05) is 23.7 Å². The van der Waals surface area contributed by atoms with Crippen LogP contribution in [0.4, 0.5) is 10.5 Å². The summed E-state index contributed by atoms with van der Waals surface area (Å²) in [4.78, 5) is 25.4. The highest BCUT2D eigenvalue weighted by Crippen LogP contribution is 2.21. The molecular weight excluding hydrogens is 364 g/mol. The molecule has 1 aliphatic rings. The quantitative estimate of drug-likeness (QED) is 0.751. The number of nitrogens with zero attached hydrogens (tertiary/aromatic N) is 5. The van der Waals surface area contributed by atoms with Crippen LogP contribution in [0.5, 0.6) is 0 Å². The highest BCUT2D eigenvalue weighted by Gasteiger charge is 2.21. The first-order valence-electron chi connectivity index (χ1n) is 8.99. The Kier molecular flexibility index (Phi) is 5.22. The molecule has 7 nitrogen and oxygen atoms in total. The maximum absolute atomic E-state index is 12.4. The number of nitrogens with one attached hydrogen (secondary N) is 1. The number of carbonyl (C=O) groups is 1. The van der Waals surface area contributed by atoms with Crippen LogP contribution < -0.4 is 5.32 Å². The number of hydrogen-bond donors (Lipinski definition) is 1. The highest BCUT2D eigenvalue weighted by atomic mass is 35.5. The van der Waals surface area contributed by atoms with Crippen molar-refractivity contribution in [3.8, 4) is 0 Å². The van der Waals surface area contributed by atoms with Crippen LogP contribution in [-0.4, -0.2) is 63.1 Å². The van der Waals surface area contributed by atoms with Crippen LogP contribution in [0.15, 0.2) is 48.9 Å². The first kappa shape index (κ1) is 17.8. The maximum atomic E-state index is 12.4. The Morgan fingerprint density at radius 3 is 2.67 bits per heavy atom. The van der Waals surface area contributed by atoms with Crippen molar-refractivity contribution in [2.75, 3.05) is 38.0 Å². The van der Waals surface area contributed by atoms with E-state index < -0.39 is 0 Å². The first-order chi connectivity index (χ1) is 13.2. The third-order valence-corrected chi connectivity index (χ3v) is 5.14. The zero-order chi connectivity index (χ0) is 18.6. The molecule has 0 atom stereocenters. The third-order valence-electron chi connectivity index (χ3n) is 4.81. The molecule has 0 saturated carbocycles. The van der Waals surface area contributed by atoms with Gasteiger partial charge in [-0.25, -0.2) is 14.8 Å². The standard InChI is InChI=1S/C19H21ClN6O/c20-15-4-1-2-5-16(15)23-19(27)25-11-8-24(9-12-25)10-13-26-14-22-17-6-3-7-21-18(17)26/h1-7,14H,8-13H2,(H,23,27). The van der Waals surface area contributed by atoms with Gasteiger partial charge < -0.3 is 14.8 Å². The summed E-state index contributed by atoms with van der Waals surface area (Å²) in [5.41, 5.74) is 2.47. The van der Waals surface area contributed by atoms with Crippen LogP contribution in [-0.2, 0) is 6.54 Å². The molecule has 27 heavy (non-hydrogen) atoms. The van der Waals surface area contributed by atoms with Crippen LogP contribution in [0.3, 0.4) is 0 Å². The summed E-state index contributed by atoms with van der Waals surface area (Å²) in [5.74, 6) is 0. The number of benzene rings is 1. The van der Waals surface area contributed by atoms with E-state index in [4.69, 9.17) is 11.6 Å². The second-order valence-corrected chi connectivity index (χ2v) is 6.93. The van der Waals surface area contributed by atoms with Crippen molar-refractivity contribution >= 4 is 34.5 Å². The van der Waals surface area contributed by atoms with Gasteiger partial charge in [0, 0.05) is 45.5 Å². The van der Waals surface area contributed by atoms with Gasteiger partial charge in [-0.3, -0.25) is 4.90 Å². The highest BCUT2D eigenvalue weighted by molar-refractivity contribution is 6.33. The van der Waals surface area contributed by atoms with E-state index in [1.54, 1.807) is 18.3 Å². The molecule has 1 aromatic carbocycles. The van der Waals surface area contributed by atoms with E-state index in [1.165, 1.54) is 0 Å². The maximum Gasteiger partial charge on any atom is 0.321 e. The zero-order valence-electron chi connectivity index (χ0n) is 14.9. The van der Waals surface area contributed by atoms with Gasteiger partial charge in [0.1, 0.15) is 5.52 Å². The summed E-state index contributed by atoms with van der Waals surface area (Å²) in [6.07, 6.45) is 3.63. The number of aromatic nitrogens is 3. The molecular formula is C19H21ClN6O. The first-order valence-corrected chi connectivity index (χ1v) is 9.37. The molecule has 0 spiro atoms. The molecule has 1 saturated heterocycles. The molecule has 0 aliphatic carbocycles. The van der Waals surface area contributed by atoms with Crippen LogP contribution in [0.25, 0.3) is 11.2 Å². The number of piperazine rings is 1. The Hall–Kier alpha value is -2.64. The van der Waals surface area contributed by atoms with Crippen molar-refractivity contribution in [2.24, 2.45) is 0 Å². The number of fused-ring (bicyclic) bond motifs is 1. The lowest BCUT2D eigenvalue weighted by Gasteiger charge is -2.34. The predicted octanol–water partition coefficient (Wildman–Crippen LogP) is 2.93. The monoisotopic (exact) mass is 384 g/mol. The minimum absolute atomic E-state index is 0.104. The number of anilines is 1. The van der Waals surface area contributed by atoms with Crippen molar-refractivity contribution in [1.82, 2.24) is 24.3 Å². The summed E-state index contributed by atoms with van der Waals surface area (Å²) in [6.45, 7) is 4.81. The Morgan fingerprint density at radius 2 is 1.85 bits per heavy atom. The van der Waals surface area contributed by atoms with Gasteiger partial charge in [-0.15, -0.1) is 0 Å². The summed E-state index contributed by atoms with van der Waals surface area (Å²) >= 11 is 6.11. The van der Waals surface area contributed by atoms with Gasteiger partial charge in [-0.05, 0) is 24.3 Å². The van der Waals surface area contributed by atoms with Crippen molar-refractivity contribution in [2.45, 2.75) is 6.54 Å². The Morgan fingerprint density at radius 1 is 1.04 bits per heavy atom. The Labute approximate surface area is 162 Å². The van der Waals surface area contributed by atoms with Crippen LogP contribution >= 0.6 is 11.6 Å². The molecule has 4 rings (SSSR count). The predicted molar refractivity (Wildman–Crippen MR) is 106 cm³/mol. The number of urea groups is 1. The molecule has 3 heterocycles. The van der Waals surface area contributed by atoms with Gasteiger partial charge in [0.2, 0.25) is 0 Å². The fraction of sp³-hybridized carbons (Fsp3) is 0.316. The van der Waals surface area contributed by atoms with Gasteiger partial charge in [0.25, 0.3) is 0 Å². The molecule has 2 amide bonds. The van der Waals surface area contributed by atoms with E-state index in [0.29, 0.717) is 23.8 Å². The molecule has 0 unspecified atom stereocenters. The molecule has 1 aliphatic heterocycles. The number of amides is 2. The van der Waals surface area contributed by atoms with Crippen molar-refractivity contribution in [3.05, 3.63) is 53.9 Å². The van der Waals surface area contributed by atoms with Gasteiger partial charge in [0.15, 0.2) is 5.65 Å². The summed E-state index contributed by atoms with van der Waals surface area (Å²) in [5, 5.41) is 3.43. The lowest BCUT2D eigenvalue weighted by Crippen LogP contribution is -2.50. The van der Waals surface area contributed by atoms with E-state index in [0.717, 1.165) is 37.3 Å². The number of pyridine rings is 1. The Bertz CT molecular complexity index is 935. The number of carbonyl (C=O) groups excluding carboxylic acids is 1. The van der Waals surface area contributed by atoms with E-state index >= 15 is 0 Å². The SMILES string of the molecule is O=C(Nc1ccccc1Cl)N1CCN(CCn2cnc3cccnc32)CC1. The molecule has 1 fully saturated rings. The molecule has 3 aromatic rings. The molecule has 0 bridgehead atoms. The molecule has 1 N–H and O–H groups in total. The fourth-order valence-corrected chi connectivity index (χ4v) is 3.42. The average molecular weight is 385 g/mol. The van der Waals surface area contributed by atoms with Crippen LogP contribution in [0, 0.1) is 0 Å². The number of rotatable bonds is 4. The fourth-order valence-electron chi connectivity index (χ4n) is 3.24. The summed E-state index contributed by atoms with van der Waals surface area (Å²) < 4.78 is 2.08. The Balaban J connectivity index is 1.27. The van der Waals surface area contributed by atoms with Gasteiger partial charge in [0.05, 0.1) is 17.0 Å². The molecule has 2 aromatic heterocycles. The smallest absolute Gasteiger partial charge is 0.321 e. The third kappa shape index (κ3) is 4.04. The zero-order valence-corrected chi connectivity index (χ0v) is 15.6. The molecule has 140 valence electrons. The largest absolute Gasteiger partial charge is 0.322 e. The van der Waals surface area contributed by atoms with E-state index in [2.05, 4.69) is 24.8 Å². The van der Waals surface area contributed by atoms with E-state index in [9.17, 15) is 4.79 Å². The molecule has 0 radical (unpaired) electrons. The number of imidazole rings is 1. The van der Waals surface area contributed by atoms with E-state index in [1.807, 2.05) is 35.5 Å². The minimum Gasteiger partial charge on any atom is -0.322 e. The van der Waals surface area contributed by atoms with Gasteiger partial charge >= 0.3 is 6.03 Å². The normalized spacial score (nSPS) is 15.2. The van der Waals surface area contributed by atoms with Crippen LogP contribution in [0.1, 0.15) is 0 Å². The number of halogens is 1. The average Bonchev–Trinajstić information content (AvgIpc) is 3.12. The summed E-state index contributed by atoms with van der Waals surface area (Å²) in [6, 6.07) is 11.0. The topological polar surface area (TPSA) is 66.3 Å². The van der Waals surface area contributed by atoms with Crippen molar-refractivity contribution < 1.29 is 4.79 Å². The second-order valence-electron chi connectivity index (χ2n) is 6.52. The lowest BCUT2D eigenvalue weighted by atomic mass is 10.3. The lowest BCUT2D eigenvalue weighted by molar-refractivity contribution is 0.144. The second kappa shape index (κ2) is 7.94. The summed E-state index contributed by atoms with van der Waals surface area (Å²) in [7, 11) is 0. The van der Waals surface area contributed by atoms with Gasteiger partial charge in [-0.2, -0.15) is 0 Å². The van der Waals surface area contributed by atoms with E-state index in [-0.39, 0.29) is 6.03 Å². The van der Waals surface area contributed by atoms with Crippen molar-refractivity contribution in [1.29, 1.82) is 0 Å². The number of para-hydroxylation sites is 1. The minimum atomic E-state index is -0.104. The number of hydrogen-bond acceptors (Lipinski definition) is 4. The van der Waals surface area contributed by atoms with Crippen molar-refractivity contribution in [3.63, 3.8) is 0 Å².